The van der Waals surface area contributed by atoms with Crippen LogP contribution in [0.25, 0.3) is 0 Å². The van der Waals surface area contributed by atoms with Gasteiger partial charge in [0, 0.05) is 0 Å². The molecule has 0 bridgehead atoms. The van der Waals surface area contributed by atoms with Crippen molar-refractivity contribution in [2.45, 2.75) is 43.8 Å². The molecule has 1 aromatic carbocycles. The average molecular weight is 604 g/mol. The molecule has 0 radical (unpaired) electrons. The van der Waals surface area contributed by atoms with Gasteiger partial charge in [0.25, 0.3) is 0 Å². The standard InChI is InChI=1S/C19H16Cl2F9N5OS/c1-7(2)37(36)4-3-31-15-11-13(18(25,26)27)32-16(19(28,29)30)33-14(11)34-35(15)12-9(20)5-8(6-10(12)21)17(22,23)24/h5-7,14,31,34H,3-4H2,1-2H3. The van der Waals surface area contributed by atoms with E-state index >= 15 is 0 Å². The number of nitrogens with zero attached hydrogens (tertiary/aromatic N) is 3. The molecule has 0 spiro atoms. The van der Waals surface area contributed by atoms with Gasteiger partial charge in [0.1, 0.15) is 23.0 Å². The lowest BCUT2D eigenvalue weighted by Gasteiger charge is -2.26. The first-order chi connectivity index (χ1) is 16.8. The van der Waals surface area contributed by atoms with Gasteiger partial charge in [-0.1, -0.05) is 23.2 Å². The van der Waals surface area contributed by atoms with Gasteiger partial charge >= 0.3 is 18.5 Å². The summed E-state index contributed by atoms with van der Waals surface area (Å²) in [6, 6.07) is 0.900. The number of hydrogen-bond donors (Lipinski definition) is 2. The molecule has 6 nitrogen and oxygen atoms in total. The van der Waals surface area contributed by atoms with E-state index in [4.69, 9.17) is 23.2 Å². The zero-order valence-electron chi connectivity index (χ0n) is 18.5. The SMILES string of the molecule is CC(C)[S+]([O-])CCNC1=C2C(C(F)(F)F)=NC(C(F)(F)F)=NC2NN1c1c(Cl)cc(C(F)(F)F)cc1Cl. The Morgan fingerprint density at radius 3 is 2.05 bits per heavy atom. The fraction of sp³-hybridized carbons (Fsp3) is 0.474. The summed E-state index contributed by atoms with van der Waals surface area (Å²) in [6.07, 6.45) is -17.6. The van der Waals surface area contributed by atoms with E-state index in [-0.39, 0.29) is 17.5 Å². The number of rotatable bonds is 6. The molecule has 2 heterocycles. The molecule has 37 heavy (non-hydrogen) atoms. The topological polar surface area (TPSA) is 75.1 Å². The van der Waals surface area contributed by atoms with Crippen molar-refractivity contribution in [2.75, 3.05) is 17.3 Å². The number of fused-ring (bicyclic) bond motifs is 1. The van der Waals surface area contributed by atoms with Crippen molar-refractivity contribution in [1.82, 2.24) is 10.7 Å². The van der Waals surface area contributed by atoms with Crippen molar-refractivity contribution < 1.29 is 44.1 Å². The van der Waals surface area contributed by atoms with Crippen LogP contribution in [0.15, 0.2) is 33.5 Å². The highest BCUT2D eigenvalue weighted by atomic mass is 35.5. The zero-order valence-corrected chi connectivity index (χ0v) is 20.9. The van der Waals surface area contributed by atoms with Gasteiger partial charge in [-0.05, 0) is 37.2 Å². The fourth-order valence-electron chi connectivity index (χ4n) is 3.31. The molecule has 206 valence electrons. The lowest BCUT2D eigenvalue weighted by atomic mass is 10.1. The molecule has 2 aliphatic heterocycles. The molecule has 0 amide bonds. The van der Waals surface area contributed by atoms with Crippen molar-refractivity contribution in [3.05, 3.63) is 39.1 Å². The third kappa shape index (κ3) is 6.41. The average Bonchev–Trinajstić information content (AvgIpc) is 3.08. The number of nitrogens with one attached hydrogen (secondary N) is 2. The molecule has 2 N–H and O–H groups in total. The number of hydrogen-bond acceptors (Lipinski definition) is 6. The Kier molecular flexibility index (Phi) is 8.30. The largest absolute Gasteiger partial charge is 0.616 e. The van der Waals surface area contributed by atoms with Gasteiger partial charge in [-0.15, -0.1) is 0 Å². The molecule has 18 heteroatoms. The minimum Gasteiger partial charge on any atom is -0.616 e. The molecule has 2 aliphatic rings. The maximum absolute atomic E-state index is 13.9. The predicted molar refractivity (Wildman–Crippen MR) is 121 cm³/mol. The summed E-state index contributed by atoms with van der Waals surface area (Å²) in [7, 11) is 0. The smallest absolute Gasteiger partial charge is 0.451 e. The van der Waals surface area contributed by atoms with E-state index in [0.29, 0.717) is 17.1 Å². The summed E-state index contributed by atoms with van der Waals surface area (Å²) in [5, 5.41) is 1.55. The van der Waals surface area contributed by atoms with Crippen LogP contribution in [-0.4, -0.2) is 52.2 Å². The maximum Gasteiger partial charge on any atom is 0.451 e. The Morgan fingerprint density at radius 2 is 1.59 bits per heavy atom. The summed E-state index contributed by atoms with van der Waals surface area (Å²) in [6.45, 7) is 3.01. The van der Waals surface area contributed by atoms with Gasteiger partial charge in [0.05, 0.1) is 33.4 Å². The third-order valence-electron chi connectivity index (χ3n) is 4.94. The van der Waals surface area contributed by atoms with Crippen LogP contribution in [0.1, 0.15) is 19.4 Å². The Morgan fingerprint density at radius 1 is 1.03 bits per heavy atom. The number of aliphatic imine (C=N–C) groups is 2. The van der Waals surface area contributed by atoms with Crippen molar-refractivity contribution in [1.29, 1.82) is 0 Å². The molecule has 2 unspecified atom stereocenters. The highest BCUT2D eigenvalue weighted by molar-refractivity contribution is 7.91. The first-order valence-electron chi connectivity index (χ1n) is 10.1. The Bertz CT molecular complexity index is 1130. The molecular formula is C19H16Cl2F9N5OS. The van der Waals surface area contributed by atoms with Crippen LogP contribution >= 0.6 is 23.2 Å². The van der Waals surface area contributed by atoms with Crippen molar-refractivity contribution >= 4 is 51.6 Å². The molecule has 0 saturated heterocycles. The Balaban J connectivity index is 2.18. The number of amidine groups is 1. The van der Waals surface area contributed by atoms with Crippen LogP contribution in [0, 0.1) is 0 Å². The Hall–Kier alpha value is -1.88. The van der Waals surface area contributed by atoms with E-state index in [1.807, 2.05) is 0 Å². The Labute approximate surface area is 216 Å². The lowest BCUT2D eigenvalue weighted by Crippen LogP contribution is -2.43. The molecule has 3 rings (SSSR count). The maximum atomic E-state index is 13.9. The van der Waals surface area contributed by atoms with Crippen LogP contribution in [0.5, 0.6) is 0 Å². The summed E-state index contributed by atoms with van der Waals surface area (Å²) in [4.78, 5) is 5.91. The van der Waals surface area contributed by atoms with Gasteiger partial charge in [0.2, 0.25) is 5.84 Å². The highest BCUT2D eigenvalue weighted by Crippen LogP contribution is 2.44. The van der Waals surface area contributed by atoms with E-state index in [9.17, 15) is 44.1 Å². The summed E-state index contributed by atoms with van der Waals surface area (Å²) >= 11 is 10.6. The summed E-state index contributed by atoms with van der Waals surface area (Å²) in [5.74, 6) is -2.74. The fourth-order valence-corrected chi connectivity index (χ4v) is 4.74. The minimum absolute atomic E-state index is 0.0863. The molecule has 0 saturated carbocycles. The van der Waals surface area contributed by atoms with E-state index < -0.39 is 80.1 Å². The lowest BCUT2D eigenvalue weighted by molar-refractivity contribution is -0.137. The molecule has 0 aliphatic carbocycles. The molecule has 2 atom stereocenters. The van der Waals surface area contributed by atoms with Crippen LogP contribution in [-0.2, 0) is 17.4 Å². The number of anilines is 1. The number of halogens is 11. The van der Waals surface area contributed by atoms with Crippen LogP contribution in [0.2, 0.25) is 10.0 Å². The quantitative estimate of drug-likeness (QED) is 0.328. The van der Waals surface area contributed by atoms with Gasteiger partial charge in [-0.3, -0.25) is 5.01 Å². The first kappa shape index (κ1) is 29.7. The minimum atomic E-state index is -5.39. The summed E-state index contributed by atoms with van der Waals surface area (Å²) in [5.41, 5.74) is -2.32. The first-order valence-corrected chi connectivity index (χ1v) is 12.2. The molecular weight excluding hydrogens is 588 g/mol. The highest BCUT2D eigenvalue weighted by Gasteiger charge is 2.52. The normalized spacial score (nSPS) is 19.8. The second-order valence-electron chi connectivity index (χ2n) is 7.88. The van der Waals surface area contributed by atoms with E-state index in [2.05, 4.69) is 20.7 Å². The molecule has 0 aromatic heterocycles. The van der Waals surface area contributed by atoms with Crippen molar-refractivity contribution in [2.24, 2.45) is 9.98 Å². The van der Waals surface area contributed by atoms with Crippen LogP contribution < -0.4 is 15.8 Å². The van der Waals surface area contributed by atoms with Crippen LogP contribution in [0.4, 0.5) is 45.2 Å². The molecule has 0 fully saturated rings. The van der Waals surface area contributed by atoms with Gasteiger partial charge in [-0.2, -0.15) is 44.9 Å². The zero-order chi connectivity index (χ0) is 28.1. The number of hydrazine groups is 1. The van der Waals surface area contributed by atoms with Gasteiger partial charge in [0.15, 0.2) is 5.71 Å². The number of alkyl halides is 9. The second-order valence-corrected chi connectivity index (χ2v) is 10.8. The van der Waals surface area contributed by atoms with Crippen molar-refractivity contribution in [3.8, 4) is 0 Å². The van der Waals surface area contributed by atoms with Crippen molar-refractivity contribution in [3.63, 3.8) is 0 Å². The summed E-state index contributed by atoms with van der Waals surface area (Å²) < 4.78 is 133. The number of benzene rings is 1. The predicted octanol–water partition coefficient (Wildman–Crippen LogP) is 5.60. The van der Waals surface area contributed by atoms with E-state index in [1.165, 1.54) is 0 Å². The van der Waals surface area contributed by atoms with Gasteiger partial charge in [-0.25, -0.2) is 9.98 Å². The molecule has 1 aromatic rings. The second kappa shape index (κ2) is 10.4. The van der Waals surface area contributed by atoms with Crippen LogP contribution in [0.3, 0.4) is 0 Å². The van der Waals surface area contributed by atoms with E-state index in [1.54, 1.807) is 13.8 Å². The van der Waals surface area contributed by atoms with Gasteiger partial charge < -0.3 is 9.87 Å². The van der Waals surface area contributed by atoms with E-state index in [0.717, 1.165) is 0 Å². The third-order valence-corrected chi connectivity index (χ3v) is 7.17. The monoisotopic (exact) mass is 603 g/mol.